The lowest BCUT2D eigenvalue weighted by atomic mass is 10.4. The molecule has 2 aromatic heterocycles. The highest BCUT2D eigenvalue weighted by Crippen LogP contribution is 1.99. The Hall–Kier alpha value is -2.04. The molecule has 0 saturated heterocycles. The van der Waals surface area contributed by atoms with Crippen molar-refractivity contribution in [3.05, 3.63) is 42.2 Å². The molecule has 0 fully saturated rings. The van der Waals surface area contributed by atoms with Crippen molar-refractivity contribution in [2.75, 3.05) is 0 Å². The van der Waals surface area contributed by atoms with Crippen molar-refractivity contribution in [3.63, 3.8) is 0 Å². The number of carbonyl (C=O) groups excluding carboxylic acids is 1. The molecule has 0 aliphatic heterocycles. The molecule has 5 heteroatoms. The zero-order chi connectivity index (χ0) is 10.7. The first-order valence-electron chi connectivity index (χ1n) is 4.65. The topological polar surface area (TPSA) is 62.7 Å². The maximum atomic E-state index is 11.6. The Kier molecular flexibility index (Phi) is 2.53. The number of aromatic nitrogens is 3. The first-order valence-corrected chi connectivity index (χ1v) is 4.65. The largest absolute Gasteiger partial charge is 0.347 e. The maximum Gasteiger partial charge on any atom is 0.268 e. The number of hydrogen-bond donors (Lipinski definition) is 2. The number of nitrogens with zero attached hydrogens (tertiary/aromatic N) is 2. The minimum Gasteiger partial charge on any atom is -0.347 e. The summed E-state index contributed by atoms with van der Waals surface area (Å²) in [5.41, 5.74) is 0.640. The summed E-state index contributed by atoms with van der Waals surface area (Å²) in [5.74, 6) is 0.649. The summed E-state index contributed by atoms with van der Waals surface area (Å²) in [5, 5.41) is 2.77. The molecule has 0 aliphatic carbocycles. The lowest BCUT2D eigenvalue weighted by Crippen LogP contribution is -2.25. The number of amides is 1. The van der Waals surface area contributed by atoms with Crippen LogP contribution in [-0.2, 0) is 13.6 Å². The molecular weight excluding hydrogens is 192 g/mol. The van der Waals surface area contributed by atoms with E-state index >= 15 is 0 Å². The van der Waals surface area contributed by atoms with Crippen LogP contribution in [0.4, 0.5) is 0 Å². The molecule has 0 spiro atoms. The maximum absolute atomic E-state index is 11.6. The molecule has 5 nitrogen and oxygen atoms in total. The van der Waals surface area contributed by atoms with Gasteiger partial charge in [-0.05, 0) is 12.1 Å². The average Bonchev–Trinajstić information content (AvgIpc) is 2.84. The molecule has 0 radical (unpaired) electrons. The van der Waals surface area contributed by atoms with Crippen molar-refractivity contribution in [3.8, 4) is 0 Å². The van der Waals surface area contributed by atoms with Gasteiger partial charge in [0, 0.05) is 25.6 Å². The van der Waals surface area contributed by atoms with Crippen LogP contribution in [0.15, 0.2) is 30.7 Å². The fraction of sp³-hybridized carbons (Fsp3) is 0.200. The first kappa shape index (κ1) is 9.51. The van der Waals surface area contributed by atoms with Gasteiger partial charge in [-0.3, -0.25) is 4.79 Å². The van der Waals surface area contributed by atoms with Crippen molar-refractivity contribution in [1.82, 2.24) is 19.9 Å². The Balaban J connectivity index is 1.96. The quantitative estimate of drug-likeness (QED) is 0.772. The predicted octanol–water partition coefficient (Wildman–Crippen LogP) is 0.678. The van der Waals surface area contributed by atoms with Gasteiger partial charge in [0.2, 0.25) is 0 Å². The van der Waals surface area contributed by atoms with E-state index in [-0.39, 0.29) is 5.91 Å². The molecule has 2 heterocycles. The van der Waals surface area contributed by atoms with Crippen LogP contribution in [0, 0.1) is 0 Å². The molecule has 2 rings (SSSR count). The van der Waals surface area contributed by atoms with Crippen LogP contribution in [0.3, 0.4) is 0 Å². The third kappa shape index (κ3) is 2.07. The van der Waals surface area contributed by atoms with Crippen LogP contribution in [-0.4, -0.2) is 20.4 Å². The Bertz CT molecular complexity index is 444. The number of hydrogen-bond acceptors (Lipinski definition) is 2. The zero-order valence-electron chi connectivity index (χ0n) is 8.40. The lowest BCUT2D eigenvalue weighted by molar-refractivity contribution is 0.0942. The van der Waals surface area contributed by atoms with E-state index in [0.29, 0.717) is 12.2 Å². The van der Waals surface area contributed by atoms with Crippen LogP contribution in [0.1, 0.15) is 16.3 Å². The van der Waals surface area contributed by atoms with Crippen molar-refractivity contribution >= 4 is 5.91 Å². The summed E-state index contributed by atoms with van der Waals surface area (Å²) >= 11 is 0. The van der Waals surface area contributed by atoms with Crippen molar-refractivity contribution < 1.29 is 4.79 Å². The number of nitrogens with one attached hydrogen (secondary N) is 2. The molecule has 15 heavy (non-hydrogen) atoms. The third-order valence-electron chi connectivity index (χ3n) is 2.15. The summed E-state index contributed by atoms with van der Waals surface area (Å²) in [4.78, 5) is 18.6. The van der Waals surface area contributed by atoms with Gasteiger partial charge >= 0.3 is 0 Å². The lowest BCUT2D eigenvalue weighted by Gasteiger charge is -2.03. The minimum atomic E-state index is -0.0982. The van der Waals surface area contributed by atoms with Gasteiger partial charge in [-0.15, -0.1) is 0 Å². The summed E-state index contributed by atoms with van der Waals surface area (Å²) < 4.78 is 1.78. The molecule has 1 amide bonds. The molecule has 0 unspecified atom stereocenters. The van der Waals surface area contributed by atoms with Crippen LogP contribution in [0.5, 0.6) is 0 Å². The Morgan fingerprint density at radius 2 is 2.53 bits per heavy atom. The van der Waals surface area contributed by atoms with Crippen LogP contribution >= 0.6 is 0 Å². The van der Waals surface area contributed by atoms with E-state index < -0.39 is 0 Å². The van der Waals surface area contributed by atoms with Crippen LogP contribution in [0.25, 0.3) is 0 Å². The second kappa shape index (κ2) is 4.00. The molecule has 0 aromatic carbocycles. The monoisotopic (exact) mass is 204 g/mol. The summed E-state index contributed by atoms with van der Waals surface area (Å²) in [6.45, 7) is 0.414. The summed E-state index contributed by atoms with van der Waals surface area (Å²) in [6.07, 6.45) is 5.22. The van der Waals surface area contributed by atoms with Gasteiger partial charge in [-0.25, -0.2) is 4.98 Å². The number of carbonyl (C=O) groups is 1. The number of aromatic amines is 1. The van der Waals surface area contributed by atoms with Crippen molar-refractivity contribution in [2.24, 2.45) is 7.05 Å². The predicted molar refractivity (Wildman–Crippen MR) is 55.2 cm³/mol. The zero-order valence-corrected chi connectivity index (χ0v) is 8.40. The van der Waals surface area contributed by atoms with E-state index in [9.17, 15) is 4.79 Å². The van der Waals surface area contributed by atoms with Gasteiger partial charge in [0.15, 0.2) is 0 Å². The van der Waals surface area contributed by atoms with Gasteiger partial charge in [0.1, 0.15) is 11.5 Å². The molecule has 0 bridgehead atoms. The second-order valence-electron chi connectivity index (χ2n) is 3.22. The van der Waals surface area contributed by atoms with Crippen LogP contribution in [0.2, 0.25) is 0 Å². The molecule has 0 atom stereocenters. The van der Waals surface area contributed by atoms with E-state index in [0.717, 1.165) is 5.82 Å². The first-order chi connectivity index (χ1) is 7.27. The van der Waals surface area contributed by atoms with Gasteiger partial charge < -0.3 is 14.9 Å². The smallest absolute Gasteiger partial charge is 0.268 e. The normalized spacial score (nSPS) is 10.2. The minimum absolute atomic E-state index is 0.0982. The highest BCUT2D eigenvalue weighted by molar-refractivity contribution is 5.92. The number of H-pyrrole nitrogens is 1. The molecule has 78 valence electrons. The fourth-order valence-electron chi connectivity index (χ4n) is 1.35. The standard InChI is InChI=1S/C10H12N4O/c1-14-6-2-3-8(14)10(15)13-7-9-11-4-5-12-9/h2-6H,7H2,1H3,(H,11,12)(H,13,15). The van der Waals surface area contributed by atoms with Crippen molar-refractivity contribution in [1.29, 1.82) is 0 Å². The number of aryl methyl sites for hydroxylation is 1. The van der Waals surface area contributed by atoms with Gasteiger partial charge in [-0.2, -0.15) is 0 Å². The van der Waals surface area contributed by atoms with Gasteiger partial charge in [0.05, 0.1) is 6.54 Å². The van der Waals surface area contributed by atoms with Crippen LogP contribution < -0.4 is 5.32 Å². The van der Waals surface area contributed by atoms with E-state index in [2.05, 4.69) is 15.3 Å². The molecule has 0 saturated carbocycles. The SMILES string of the molecule is Cn1cccc1C(=O)NCc1ncc[nH]1. The summed E-state index contributed by atoms with van der Waals surface area (Å²) in [6, 6.07) is 3.61. The highest BCUT2D eigenvalue weighted by Gasteiger charge is 2.08. The number of imidazole rings is 1. The molecule has 2 aromatic rings. The number of rotatable bonds is 3. The molecule has 0 aliphatic rings. The molecular formula is C10H12N4O. The fourth-order valence-corrected chi connectivity index (χ4v) is 1.35. The van der Waals surface area contributed by atoms with Gasteiger partial charge in [-0.1, -0.05) is 0 Å². The second-order valence-corrected chi connectivity index (χ2v) is 3.22. The van der Waals surface area contributed by atoms with E-state index in [1.807, 2.05) is 19.3 Å². The Morgan fingerprint density at radius 3 is 3.13 bits per heavy atom. The summed E-state index contributed by atoms with van der Waals surface area (Å²) in [7, 11) is 1.84. The van der Waals surface area contributed by atoms with Crippen molar-refractivity contribution in [2.45, 2.75) is 6.54 Å². The van der Waals surface area contributed by atoms with E-state index in [4.69, 9.17) is 0 Å². The Morgan fingerprint density at radius 1 is 1.67 bits per heavy atom. The van der Waals surface area contributed by atoms with E-state index in [1.54, 1.807) is 23.0 Å². The third-order valence-corrected chi connectivity index (χ3v) is 2.15. The van der Waals surface area contributed by atoms with Gasteiger partial charge in [0.25, 0.3) is 5.91 Å². The Labute approximate surface area is 87.1 Å². The van der Waals surface area contributed by atoms with E-state index in [1.165, 1.54) is 0 Å². The molecule has 2 N–H and O–H groups in total. The highest BCUT2D eigenvalue weighted by atomic mass is 16.1. The average molecular weight is 204 g/mol.